The van der Waals surface area contributed by atoms with Crippen molar-refractivity contribution in [1.82, 2.24) is 9.97 Å². The van der Waals surface area contributed by atoms with Gasteiger partial charge < -0.3 is 14.5 Å². The van der Waals surface area contributed by atoms with Crippen molar-refractivity contribution < 1.29 is 19.1 Å². The zero-order chi connectivity index (χ0) is 20.1. The molecule has 0 unspecified atom stereocenters. The summed E-state index contributed by atoms with van der Waals surface area (Å²) in [6.45, 7) is 0. The molecule has 3 rings (SSSR count). The lowest BCUT2D eigenvalue weighted by molar-refractivity contribution is 0.0584. The van der Waals surface area contributed by atoms with E-state index in [1.165, 1.54) is 12.1 Å². The highest BCUT2D eigenvalue weighted by Gasteiger charge is 2.23. The number of nitrogens with zero attached hydrogens (tertiary/aromatic N) is 1. The van der Waals surface area contributed by atoms with Crippen molar-refractivity contribution in [3.63, 3.8) is 0 Å². The molecule has 1 N–H and O–H groups in total. The molecule has 0 aliphatic rings. The molecule has 0 spiro atoms. The Kier molecular flexibility index (Phi) is 6.00. The number of carbonyl (C=O) groups is 2. The average Bonchev–Trinajstić information content (AvgIpc) is 2.71. The number of hydrogen-bond donors (Lipinski definition) is 1. The van der Waals surface area contributed by atoms with Crippen LogP contribution in [-0.4, -0.2) is 29.0 Å². The van der Waals surface area contributed by atoms with Gasteiger partial charge in [-0.25, -0.2) is 14.6 Å². The number of ether oxygens (including phenoxy) is 2. The van der Waals surface area contributed by atoms with E-state index < -0.39 is 23.2 Å². The second-order valence-corrected chi connectivity index (χ2v) is 6.66. The number of hydrogen-bond acceptors (Lipinski definition) is 6. The Bertz CT molecular complexity index is 1060. The average molecular weight is 443 g/mol. The van der Waals surface area contributed by atoms with Crippen LogP contribution in [0.1, 0.15) is 32.2 Å². The van der Waals surface area contributed by atoms with Crippen molar-refractivity contribution >= 4 is 27.9 Å². The molecule has 3 aromatic rings. The molecule has 0 atom stereocenters. The van der Waals surface area contributed by atoms with E-state index in [0.717, 1.165) is 17.1 Å². The van der Waals surface area contributed by atoms with E-state index in [-0.39, 0.29) is 23.5 Å². The molecule has 0 aliphatic carbocycles. The van der Waals surface area contributed by atoms with Gasteiger partial charge in [0, 0.05) is 10.9 Å². The van der Waals surface area contributed by atoms with E-state index in [9.17, 15) is 14.4 Å². The third-order valence-electron chi connectivity index (χ3n) is 3.79. The largest absolute Gasteiger partial charge is 0.464 e. The Labute approximate surface area is 168 Å². The first-order valence-corrected chi connectivity index (χ1v) is 9.00. The number of aromatic amines is 1. The lowest BCUT2D eigenvalue weighted by Gasteiger charge is -2.09. The highest BCUT2D eigenvalue weighted by Crippen LogP contribution is 2.16. The number of aromatic nitrogens is 2. The van der Waals surface area contributed by atoms with Gasteiger partial charge in [-0.15, -0.1) is 0 Å². The molecular weight excluding hydrogens is 428 g/mol. The minimum atomic E-state index is -0.876. The Morgan fingerprint density at radius 3 is 2.36 bits per heavy atom. The first-order valence-electron chi connectivity index (χ1n) is 8.21. The van der Waals surface area contributed by atoms with Gasteiger partial charge >= 0.3 is 11.9 Å². The van der Waals surface area contributed by atoms with Crippen LogP contribution < -0.4 is 10.3 Å². The highest BCUT2D eigenvalue weighted by molar-refractivity contribution is 9.10. The molecule has 8 heteroatoms. The van der Waals surface area contributed by atoms with Gasteiger partial charge in [0.2, 0.25) is 5.75 Å². The SMILES string of the molecule is COC(=O)c1nc(Cc2ccc(Br)cc2)[nH]c(=O)c1OC(=O)c1ccccc1. The second-order valence-electron chi connectivity index (χ2n) is 5.74. The number of carbonyl (C=O) groups excluding carboxylic acids is 2. The third kappa shape index (κ3) is 4.52. The summed E-state index contributed by atoms with van der Waals surface area (Å²) in [5.74, 6) is -1.91. The summed E-state index contributed by atoms with van der Waals surface area (Å²) in [5, 5.41) is 0. The number of halogens is 1. The Hall–Kier alpha value is -3.26. The van der Waals surface area contributed by atoms with Crippen molar-refractivity contribution in [1.29, 1.82) is 0 Å². The number of rotatable bonds is 5. The zero-order valence-corrected chi connectivity index (χ0v) is 16.4. The fourth-order valence-corrected chi connectivity index (χ4v) is 2.71. The molecule has 1 aromatic heterocycles. The van der Waals surface area contributed by atoms with Crippen LogP contribution in [0.3, 0.4) is 0 Å². The third-order valence-corrected chi connectivity index (χ3v) is 4.32. The molecule has 2 aromatic carbocycles. The molecular formula is C20H15BrN2O5. The van der Waals surface area contributed by atoms with Gasteiger partial charge in [0.15, 0.2) is 5.69 Å². The molecule has 0 bridgehead atoms. The van der Waals surface area contributed by atoms with Crippen LogP contribution in [0.25, 0.3) is 0 Å². The predicted molar refractivity (Wildman–Crippen MR) is 105 cm³/mol. The molecule has 0 radical (unpaired) electrons. The molecule has 1 heterocycles. The van der Waals surface area contributed by atoms with Gasteiger partial charge in [0.1, 0.15) is 5.82 Å². The maximum absolute atomic E-state index is 12.5. The lowest BCUT2D eigenvalue weighted by atomic mass is 10.1. The molecule has 0 aliphatic heterocycles. The van der Waals surface area contributed by atoms with Crippen molar-refractivity contribution in [3.05, 3.63) is 92.1 Å². The second kappa shape index (κ2) is 8.62. The van der Waals surface area contributed by atoms with E-state index in [1.54, 1.807) is 18.2 Å². The highest BCUT2D eigenvalue weighted by atomic mass is 79.9. The number of methoxy groups -OCH3 is 1. The number of H-pyrrole nitrogens is 1. The summed E-state index contributed by atoms with van der Waals surface area (Å²) in [7, 11) is 1.16. The molecule has 0 saturated carbocycles. The molecule has 0 saturated heterocycles. The van der Waals surface area contributed by atoms with Gasteiger partial charge in [-0.2, -0.15) is 0 Å². The Morgan fingerprint density at radius 1 is 1.04 bits per heavy atom. The van der Waals surface area contributed by atoms with Crippen LogP contribution >= 0.6 is 15.9 Å². The monoisotopic (exact) mass is 442 g/mol. The topological polar surface area (TPSA) is 98.3 Å². The van der Waals surface area contributed by atoms with E-state index >= 15 is 0 Å². The number of esters is 2. The minimum Gasteiger partial charge on any atom is -0.464 e. The van der Waals surface area contributed by atoms with Crippen molar-refractivity contribution in [2.75, 3.05) is 7.11 Å². The summed E-state index contributed by atoms with van der Waals surface area (Å²) in [6, 6.07) is 15.5. The quantitative estimate of drug-likeness (QED) is 0.609. The lowest BCUT2D eigenvalue weighted by Crippen LogP contribution is -2.24. The smallest absolute Gasteiger partial charge is 0.360 e. The normalized spacial score (nSPS) is 10.4. The van der Waals surface area contributed by atoms with E-state index in [1.807, 2.05) is 24.3 Å². The fourth-order valence-electron chi connectivity index (χ4n) is 2.44. The minimum absolute atomic E-state index is 0.233. The van der Waals surface area contributed by atoms with E-state index in [4.69, 9.17) is 4.74 Å². The maximum Gasteiger partial charge on any atom is 0.360 e. The van der Waals surface area contributed by atoms with Gasteiger partial charge in [-0.05, 0) is 29.8 Å². The maximum atomic E-state index is 12.5. The first-order chi connectivity index (χ1) is 13.5. The summed E-state index contributed by atoms with van der Waals surface area (Å²) >= 11 is 3.35. The van der Waals surface area contributed by atoms with Crippen LogP contribution in [0.2, 0.25) is 0 Å². The molecule has 7 nitrogen and oxygen atoms in total. The van der Waals surface area contributed by atoms with Gasteiger partial charge in [0.25, 0.3) is 5.56 Å². The zero-order valence-electron chi connectivity index (χ0n) is 14.8. The Morgan fingerprint density at radius 2 is 1.71 bits per heavy atom. The number of benzene rings is 2. The van der Waals surface area contributed by atoms with Crippen molar-refractivity contribution in [2.45, 2.75) is 6.42 Å². The van der Waals surface area contributed by atoms with Gasteiger partial charge in [-0.3, -0.25) is 4.79 Å². The first kappa shape index (κ1) is 19.5. The van der Waals surface area contributed by atoms with Gasteiger partial charge in [0.05, 0.1) is 12.7 Å². The van der Waals surface area contributed by atoms with Crippen LogP contribution in [0.15, 0.2) is 63.9 Å². The summed E-state index contributed by atoms with van der Waals surface area (Å²) in [5.41, 5.74) is 0.00212. The van der Waals surface area contributed by atoms with Crippen LogP contribution in [0, 0.1) is 0 Å². The van der Waals surface area contributed by atoms with Crippen molar-refractivity contribution in [3.8, 4) is 5.75 Å². The summed E-state index contributed by atoms with van der Waals surface area (Å²) in [6.07, 6.45) is 0.277. The summed E-state index contributed by atoms with van der Waals surface area (Å²) < 4.78 is 10.8. The summed E-state index contributed by atoms with van der Waals surface area (Å²) in [4.78, 5) is 43.6. The van der Waals surface area contributed by atoms with Crippen LogP contribution in [-0.2, 0) is 11.2 Å². The van der Waals surface area contributed by atoms with Crippen molar-refractivity contribution in [2.24, 2.45) is 0 Å². The Balaban J connectivity index is 1.95. The van der Waals surface area contributed by atoms with Gasteiger partial charge in [-0.1, -0.05) is 46.3 Å². The predicted octanol–water partition coefficient (Wildman–Crippen LogP) is 3.13. The van der Waals surface area contributed by atoms with Crippen LogP contribution in [0.5, 0.6) is 5.75 Å². The molecule has 28 heavy (non-hydrogen) atoms. The standard InChI is InChI=1S/C20H15BrN2O5/c1-27-20(26)16-17(28-19(25)13-5-3-2-4-6-13)18(24)23-15(22-16)11-12-7-9-14(21)10-8-12/h2-10H,11H2,1H3,(H,22,23,24). The molecule has 0 amide bonds. The van der Waals surface area contributed by atoms with E-state index in [0.29, 0.717) is 0 Å². The molecule has 142 valence electrons. The van der Waals surface area contributed by atoms with Crippen LogP contribution in [0.4, 0.5) is 0 Å². The van der Waals surface area contributed by atoms with E-state index in [2.05, 4.69) is 30.6 Å². The number of nitrogens with one attached hydrogen (secondary N) is 1. The molecule has 0 fully saturated rings. The fraction of sp³-hybridized carbons (Fsp3) is 0.100.